The second-order valence-corrected chi connectivity index (χ2v) is 5.93. The molecule has 0 atom stereocenters. The number of carbonyl (C=O) groups is 2. The molecule has 7 heteroatoms. The smallest absolute Gasteiger partial charge is 0.335 e. The summed E-state index contributed by atoms with van der Waals surface area (Å²) < 4.78 is 0.970. The van der Waals surface area contributed by atoms with Crippen LogP contribution in [0.25, 0.3) is 0 Å². The number of amides is 1. The first-order valence-electron chi connectivity index (χ1n) is 7.22. The minimum Gasteiger partial charge on any atom is -0.478 e. The fourth-order valence-corrected chi connectivity index (χ4v) is 2.18. The number of carboxylic acid groups (broad SMARTS) is 1. The molecule has 25 heavy (non-hydrogen) atoms. The fraction of sp³-hybridized carbons (Fsp3) is 0.0556. The summed E-state index contributed by atoms with van der Waals surface area (Å²) >= 11 is 3.35. The van der Waals surface area contributed by atoms with E-state index in [9.17, 15) is 9.59 Å². The van der Waals surface area contributed by atoms with Crippen LogP contribution in [-0.4, -0.2) is 17.0 Å². The number of carboxylic acids is 1. The van der Waals surface area contributed by atoms with E-state index in [4.69, 9.17) is 10.4 Å². The van der Waals surface area contributed by atoms with Crippen molar-refractivity contribution in [1.82, 2.24) is 5.32 Å². The zero-order valence-corrected chi connectivity index (χ0v) is 14.6. The molecule has 1 amide bonds. The van der Waals surface area contributed by atoms with Crippen LogP contribution < -0.4 is 10.6 Å². The molecule has 0 fully saturated rings. The predicted octanol–water partition coefficient (Wildman–Crippen LogP) is 3.28. The van der Waals surface area contributed by atoms with Crippen molar-refractivity contribution in [3.05, 3.63) is 75.9 Å². The second-order valence-electron chi connectivity index (χ2n) is 5.01. The van der Waals surface area contributed by atoms with Crippen molar-refractivity contribution in [2.45, 2.75) is 6.54 Å². The molecule has 0 aliphatic heterocycles. The highest BCUT2D eigenvalue weighted by molar-refractivity contribution is 9.10. The number of nitrogens with one attached hydrogen (secondary N) is 2. The molecular weight excluding hydrogens is 386 g/mol. The van der Waals surface area contributed by atoms with Gasteiger partial charge in [-0.3, -0.25) is 4.79 Å². The molecule has 0 aliphatic carbocycles. The summed E-state index contributed by atoms with van der Waals surface area (Å²) in [6, 6.07) is 15.1. The van der Waals surface area contributed by atoms with Crippen LogP contribution in [0.1, 0.15) is 15.9 Å². The first-order valence-corrected chi connectivity index (χ1v) is 8.01. The van der Waals surface area contributed by atoms with Crippen molar-refractivity contribution >= 4 is 33.5 Å². The Labute approximate surface area is 152 Å². The highest BCUT2D eigenvalue weighted by Gasteiger charge is 2.10. The van der Waals surface area contributed by atoms with Gasteiger partial charge in [0.25, 0.3) is 5.91 Å². The number of nitriles is 1. The Balaban J connectivity index is 1.96. The van der Waals surface area contributed by atoms with Crippen LogP contribution in [0.2, 0.25) is 0 Å². The zero-order chi connectivity index (χ0) is 18.2. The molecule has 0 spiro atoms. The van der Waals surface area contributed by atoms with E-state index < -0.39 is 11.9 Å². The largest absolute Gasteiger partial charge is 0.478 e. The Morgan fingerprint density at radius 1 is 1.12 bits per heavy atom. The Bertz CT molecular complexity index is 837. The quantitative estimate of drug-likeness (QED) is 0.510. The van der Waals surface area contributed by atoms with Gasteiger partial charge in [-0.1, -0.05) is 28.1 Å². The first kappa shape index (κ1) is 18.2. The van der Waals surface area contributed by atoms with Crippen LogP contribution in [0.5, 0.6) is 0 Å². The van der Waals surface area contributed by atoms with Crippen molar-refractivity contribution in [2.24, 2.45) is 0 Å². The molecular formula is C18H14BrN3O3. The number of halogens is 1. The Hall–Kier alpha value is -3.11. The average molecular weight is 400 g/mol. The minimum absolute atomic E-state index is 0.0839. The lowest BCUT2D eigenvalue weighted by Crippen LogP contribution is -2.16. The average Bonchev–Trinajstić information content (AvgIpc) is 2.60. The van der Waals surface area contributed by atoms with Gasteiger partial charge >= 0.3 is 5.97 Å². The summed E-state index contributed by atoms with van der Waals surface area (Å²) in [4.78, 5) is 22.9. The lowest BCUT2D eigenvalue weighted by Gasteiger charge is -2.06. The van der Waals surface area contributed by atoms with E-state index in [0.717, 1.165) is 10.0 Å². The zero-order valence-electron chi connectivity index (χ0n) is 13.0. The van der Waals surface area contributed by atoms with E-state index in [1.807, 2.05) is 30.3 Å². The Morgan fingerprint density at radius 2 is 1.76 bits per heavy atom. The standard InChI is InChI=1S/C18H14BrN3O3/c19-15-5-1-12(2-6-15)10-21-11-14(9-20)17(23)22-16-7-3-13(4-8-16)18(24)25/h1-8,11,21H,10H2,(H,22,23)(H,24,25)/b14-11-. The maximum atomic E-state index is 12.1. The van der Waals surface area contributed by atoms with E-state index in [0.29, 0.717) is 12.2 Å². The number of benzene rings is 2. The van der Waals surface area contributed by atoms with Gasteiger partial charge in [0.2, 0.25) is 0 Å². The number of aromatic carboxylic acids is 1. The first-order chi connectivity index (χ1) is 12.0. The van der Waals surface area contributed by atoms with Gasteiger partial charge in [-0.15, -0.1) is 0 Å². The van der Waals surface area contributed by atoms with Crippen molar-refractivity contribution in [3.8, 4) is 6.07 Å². The van der Waals surface area contributed by atoms with Gasteiger partial charge in [-0.05, 0) is 42.0 Å². The summed E-state index contributed by atoms with van der Waals surface area (Å²) in [5.74, 6) is -1.62. The van der Waals surface area contributed by atoms with Gasteiger partial charge < -0.3 is 15.7 Å². The normalized spacial score (nSPS) is 10.6. The van der Waals surface area contributed by atoms with Crippen LogP contribution in [-0.2, 0) is 11.3 Å². The summed E-state index contributed by atoms with van der Waals surface area (Å²) in [7, 11) is 0. The summed E-state index contributed by atoms with van der Waals surface area (Å²) in [5.41, 5.74) is 1.44. The summed E-state index contributed by atoms with van der Waals surface area (Å²) in [6.07, 6.45) is 1.35. The summed E-state index contributed by atoms with van der Waals surface area (Å²) in [6.45, 7) is 0.471. The van der Waals surface area contributed by atoms with Crippen LogP contribution in [0.4, 0.5) is 5.69 Å². The van der Waals surface area contributed by atoms with Crippen LogP contribution in [0, 0.1) is 11.3 Å². The molecule has 0 saturated heterocycles. The number of rotatable bonds is 6. The van der Waals surface area contributed by atoms with E-state index in [1.54, 1.807) is 0 Å². The molecule has 0 saturated carbocycles. The lowest BCUT2D eigenvalue weighted by molar-refractivity contribution is -0.112. The minimum atomic E-state index is -1.05. The van der Waals surface area contributed by atoms with Gasteiger partial charge in [0.15, 0.2) is 0 Å². The third kappa shape index (κ3) is 5.48. The molecule has 6 nitrogen and oxygen atoms in total. The van der Waals surface area contributed by atoms with Crippen LogP contribution in [0.3, 0.4) is 0 Å². The third-order valence-electron chi connectivity index (χ3n) is 3.22. The number of hydrogen-bond donors (Lipinski definition) is 3. The molecule has 0 heterocycles. The van der Waals surface area contributed by atoms with Gasteiger partial charge in [-0.2, -0.15) is 5.26 Å². The molecule has 0 bridgehead atoms. The van der Waals surface area contributed by atoms with E-state index in [1.165, 1.54) is 30.5 Å². The maximum Gasteiger partial charge on any atom is 0.335 e. The molecule has 0 aromatic heterocycles. The SMILES string of the molecule is N#C/C(=C/NCc1ccc(Br)cc1)C(=O)Nc1ccc(C(=O)O)cc1. The predicted molar refractivity (Wildman–Crippen MR) is 96.7 cm³/mol. The Kier molecular flexibility index (Phi) is 6.32. The number of nitrogens with zero attached hydrogens (tertiary/aromatic N) is 1. The second kappa shape index (κ2) is 8.66. The van der Waals surface area contributed by atoms with Gasteiger partial charge in [0.05, 0.1) is 5.56 Å². The molecule has 0 radical (unpaired) electrons. The molecule has 2 aromatic rings. The van der Waals surface area contributed by atoms with Gasteiger partial charge in [0.1, 0.15) is 11.6 Å². The molecule has 0 aliphatic rings. The molecule has 2 aromatic carbocycles. The van der Waals surface area contributed by atoms with Crippen molar-refractivity contribution < 1.29 is 14.7 Å². The summed E-state index contributed by atoms with van der Waals surface area (Å²) in [5, 5.41) is 23.4. The maximum absolute atomic E-state index is 12.1. The van der Waals surface area contributed by atoms with E-state index in [-0.39, 0.29) is 11.1 Å². The number of anilines is 1. The number of carbonyl (C=O) groups excluding carboxylic acids is 1. The van der Waals surface area contributed by atoms with E-state index >= 15 is 0 Å². The van der Waals surface area contributed by atoms with E-state index in [2.05, 4.69) is 26.6 Å². The monoisotopic (exact) mass is 399 g/mol. The number of hydrogen-bond acceptors (Lipinski definition) is 4. The Morgan fingerprint density at radius 3 is 2.32 bits per heavy atom. The molecule has 0 unspecified atom stereocenters. The van der Waals surface area contributed by atoms with Crippen LogP contribution in [0.15, 0.2) is 64.8 Å². The molecule has 3 N–H and O–H groups in total. The van der Waals surface area contributed by atoms with Gasteiger partial charge in [0, 0.05) is 22.9 Å². The van der Waals surface area contributed by atoms with Crippen molar-refractivity contribution in [2.75, 3.05) is 5.32 Å². The van der Waals surface area contributed by atoms with Crippen molar-refractivity contribution in [1.29, 1.82) is 5.26 Å². The molecule has 2 rings (SSSR count). The molecule has 126 valence electrons. The highest BCUT2D eigenvalue weighted by Crippen LogP contribution is 2.12. The van der Waals surface area contributed by atoms with Crippen molar-refractivity contribution in [3.63, 3.8) is 0 Å². The fourth-order valence-electron chi connectivity index (χ4n) is 1.92. The highest BCUT2D eigenvalue weighted by atomic mass is 79.9. The third-order valence-corrected chi connectivity index (χ3v) is 3.75. The van der Waals surface area contributed by atoms with Gasteiger partial charge in [-0.25, -0.2) is 4.79 Å². The lowest BCUT2D eigenvalue weighted by atomic mass is 10.2. The van der Waals surface area contributed by atoms with Crippen LogP contribution >= 0.6 is 15.9 Å². The topological polar surface area (TPSA) is 102 Å².